The Kier molecular flexibility index (Phi) is 8.21. The van der Waals surface area contributed by atoms with Crippen LogP contribution in [-0.2, 0) is 24.3 Å². The summed E-state index contributed by atoms with van der Waals surface area (Å²) in [5.74, 6) is -0.733. The smallest absolute Gasteiger partial charge is 0.338 e. The molecular formula is C23H22ClN3O7S2. The van der Waals surface area contributed by atoms with Gasteiger partial charge in [0, 0.05) is 24.0 Å². The molecule has 4 rings (SSSR count). The first-order chi connectivity index (χ1) is 17.3. The second kappa shape index (κ2) is 11.4. The van der Waals surface area contributed by atoms with Crippen molar-refractivity contribution in [2.75, 3.05) is 45.3 Å². The molecule has 190 valence electrons. The Morgan fingerprint density at radius 3 is 2.58 bits per heavy atom. The summed E-state index contributed by atoms with van der Waals surface area (Å²) in [4.78, 5) is 29.0. The van der Waals surface area contributed by atoms with Gasteiger partial charge in [-0.2, -0.15) is 4.31 Å². The Morgan fingerprint density at radius 1 is 1.17 bits per heavy atom. The molecule has 10 nitrogen and oxygen atoms in total. The number of esters is 1. The number of carbonyl (C=O) groups excluding carboxylic acids is 2. The zero-order valence-electron chi connectivity index (χ0n) is 19.1. The minimum absolute atomic E-state index is 0.0211. The molecule has 1 fully saturated rings. The number of anilines is 1. The number of halogens is 1. The molecule has 0 bridgehead atoms. The molecule has 0 atom stereocenters. The van der Waals surface area contributed by atoms with Crippen LogP contribution in [0.4, 0.5) is 5.13 Å². The maximum absolute atomic E-state index is 12.9. The monoisotopic (exact) mass is 551 g/mol. The van der Waals surface area contributed by atoms with Crippen molar-refractivity contribution in [2.45, 2.75) is 4.90 Å². The van der Waals surface area contributed by atoms with E-state index >= 15 is 0 Å². The molecule has 3 aromatic rings. The highest BCUT2D eigenvalue weighted by Crippen LogP contribution is 2.28. The third kappa shape index (κ3) is 6.02. The number of thiazole rings is 1. The van der Waals surface area contributed by atoms with Gasteiger partial charge in [0.15, 0.2) is 11.7 Å². The number of carbonyl (C=O) groups is 2. The standard InChI is InChI=1S/C23H22ClN3O7S2/c1-32-17-5-2-15(3-6-17)19-14-35-23(25-19)26-21(28)13-34-22(29)16-4-7-18(24)20(12-16)36(30,31)27-8-10-33-11-9-27/h2-7,12,14H,8-11,13H2,1H3,(H,25,26,28). The molecule has 1 aromatic heterocycles. The maximum atomic E-state index is 12.9. The SMILES string of the molecule is COc1ccc(-c2csc(NC(=O)COC(=O)c3ccc(Cl)c(S(=O)(=O)N4CCOCC4)c3)n2)cc1. The zero-order valence-corrected chi connectivity index (χ0v) is 21.5. The number of nitrogens with one attached hydrogen (secondary N) is 1. The topological polar surface area (TPSA) is 124 Å². The number of aromatic nitrogens is 1. The van der Waals surface area contributed by atoms with E-state index in [-0.39, 0.29) is 41.8 Å². The van der Waals surface area contributed by atoms with Gasteiger partial charge >= 0.3 is 5.97 Å². The van der Waals surface area contributed by atoms with Crippen molar-refractivity contribution in [1.82, 2.24) is 9.29 Å². The molecule has 0 unspecified atom stereocenters. The Balaban J connectivity index is 1.36. The van der Waals surface area contributed by atoms with Crippen molar-refractivity contribution in [3.8, 4) is 17.0 Å². The number of morpholine rings is 1. The van der Waals surface area contributed by atoms with Crippen molar-refractivity contribution >= 4 is 50.0 Å². The summed E-state index contributed by atoms with van der Waals surface area (Å²) in [5.41, 5.74) is 1.48. The van der Waals surface area contributed by atoms with Crippen LogP contribution in [-0.4, -0.2) is 69.6 Å². The fourth-order valence-corrected chi connectivity index (χ4v) is 5.99. The van der Waals surface area contributed by atoms with Crippen LogP contribution in [0.2, 0.25) is 5.02 Å². The van der Waals surface area contributed by atoms with Gasteiger partial charge in [0.2, 0.25) is 10.0 Å². The zero-order chi connectivity index (χ0) is 25.7. The minimum Gasteiger partial charge on any atom is -0.497 e. The molecular weight excluding hydrogens is 530 g/mol. The highest BCUT2D eigenvalue weighted by Gasteiger charge is 2.29. The summed E-state index contributed by atoms with van der Waals surface area (Å²) < 4.78 is 42.5. The lowest BCUT2D eigenvalue weighted by molar-refractivity contribution is -0.119. The Labute approximate surface area is 216 Å². The lowest BCUT2D eigenvalue weighted by Crippen LogP contribution is -2.40. The number of nitrogens with zero attached hydrogens (tertiary/aromatic N) is 2. The lowest BCUT2D eigenvalue weighted by Gasteiger charge is -2.26. The van der Waals surface area contributed by atoms with Crippen molar-refractivity contribution in [1.29, 1.82) is 0 Å². The molecule has 1 aliphatic rings. The first kappa shape index (κ1) is 26.0. The molecule has 0 spiro atoms. The van der Waals surface area contributed by atoms with Crippen LogP contribution in [0.25, 0.3) is 11.3 Å². The van der Waals surface area contributed by atoms with E-state index in [0.717, 1.165) is 17.4 Å². The molecule has 13 heteroatoms. The van der Waals surface area contributed by atoms with Crippen LogP contribution in [0, 0.1) is 0 Å². The second-order valence-corrected chi connectivity index (χ2v) is 10.7. The number of benzene rings is 2. The second-order valence-electron chi connectivity index (χ2n) is 7.55. The summed E-state index contributed by atoms with van der Waals surface area (Å²) in [6.45, 7) is 0.335. The third-order valence-corrected chi connectivity index (χ3v) is 8.36. The lowest BCUT2D eigenvalue weighted by atomic mass is 10.2. The number of sulfonamides is 1. The predicted octanol–water partition coefficient (Wildman–Crippen LogP) is 3.29. The van der Waals surface area contributed by atoms with Gasteiger partial charge in [-0.25, -0.2) is 18.2 Å². The van der Waals surface area contributed by atoms with Crippen LogP contribution < -0.4 is 10.1 Å². The van der Waals surface area contributed by atoms with Crippen molar-refractivity contribution in [2.24, 2.45) is 0 Å². The van der Waals surface area contributed by atoms with E-state index in [1.807, 2.05) is 12.1 Å². The average molecular weight is 552 g/mol. The molecule has 0 saturated carbocycles. The summed E-state index contributed by atoms with van der Waals surface area (Å²) in [6.07, 6.45) is 0. The van der Waals surface area contributed by atoms with E-state index in [2.05, 4.69) is 10.3 Å². The third-order valence-electron chi connectivity index (χ3n) is 5.23. The van der Waals surface area contributed by atoms with Gasteiger partial charge in [0.1, 0.15) is 10.6 Å². The molecule has 2 heterocycles. The fourth-order valence-electron chi connectivity index (χ4n) is 3.35. The minimum atomic E-state index is -3.92. The average Bonchev–Trinajstić information content (AvgIpc) is 3.36. The van der Waals surface area contributed by atoms with Crippen molar-refractivity contribution < 1.29 is 32.2 Å². The number of hydrogen-bond acceptors (Lipinski definition) is 9. The first-order valence-corrected chi connectivity index (χ1v) is 13.4. The molecule has 1 aliphatic heterocycles. The molecule has 36 heavy (non-hydrogen) atoms. The molecule has 1 N–H and O–H groups in total. The Morgan fingerprint density at radius 2 is 1.89 bits per heavy atom. The number of methoxy groups -OCH3 is 1. The largest absolute Gasteiger partial charge is 0.497 e. The van der Waals surface area contributed by atoms with Gasteiger partial charge in [0.05, 0.1) is 36.6 Å². The van der Waals surface area contributed by atoms with E-state index in [9.17, 15) is 18.0 Å². The summed E-state index contributed by atoms with van der Waals surface area (Å²) in [6, 6.07) is 11.1. The van der Waals surface area contributed by atoms with E-state index in [0.29, 0.717) is 10.8 Å². The van der Waals surface area contributed by atoms with Gasteiger partial charge in [-0.3, -0.25) is 10.1 Å². The van der Waals surface area contributed by atoms with E-state index < -0.39 is 28.5 Å². The number of amides is 1. The number of ether oxygens (including phenoxy) is 3. The van der Waals surface area contributed by atoms with Gasteiger partial charge in [-0.05, 0) is 42.5 Å². The number of rotatable bonds is 8. The molecule has 1 amide bonds. The summed E-state index contributed by atoms with van der Waals surface area (Å²) in [5, 5.41) is 4.68. The van der Waals surface area contributed by atoms with Gasteiger partial charge < -0.3 is 14.2 Å². The quantitative estimate of drug-likeness (QED) is 0.423. The highest BCUT2D eigenvalue weighted by atomic mass is 35.5. The van der Waals surface area contributed by atoms with Crippen LogP contribution >= 0.6 is 22.9 Å². The maximum Gasteiger partial charge on any atom is 0.338 e. The van der Waals surface area contributed by atoms with Crippen LogP contribution in [0.3, 0.4) is 0 Å². The molecule has 0 radical (unpaired) electrons. The van der Waals surface area contributed by atoms with Crippen LogP contribution in [0.1, 0.15) is 10.4 Å². The number of hydrogen-bond donors (Lipinski definition) is 1. The van der Waals surface area contributed by atoms with Gasteiger partial charge in [-0.15, -0.1) is 11.3 Å². The van der Waals surface area contributed by atoms with Crippen LogP contribution in [0.15, 0.2) is 52.7 Å². The normalized spacial score (nSPS) is 14.3. The predicted molar refractivity (Wildman–Crippen MR) is 134 cm³/mol. The summed E-state index contributed by atoms with van der Waals surface area (Å²) in [7, 11) is -2.34. The Hall–Kier alpha value is -3.03. The molecule has 2 aromatic carbocycles. The Bertz CT molecular complexity index is 1350. The highest BCUT2D eigenvalue weighted by molar-refractivity contribution is 7.89. The van der Waals surface area contributed by atoms with Gasteiger partial charge in [0.25, 0.3) is 5.91 Å². The first-order valence-electron chi connectivity index (χ1n) is 10.7. The van der Waals surface area contributed by atoms with E-state index in [4.69, 9.17) is 25.8 Å². The van der Waals surface area contributed by atoms with Crippen LogP contribution in [0.5, 0.6) is 5.75 Å². The molecule has 0 aliphatic carbocycles. The summed E-state index contributed by atoms with van der Waals surface area (Å²) >= 11 is 7.34. The van der Waals surface area contributed by atoms with Crippen molar-refractivity contribution in [3.05, 3.63) is 58.4 Å². The van der Waals surface area contributed by atoms with Gasteiger partial charge in [-0.1, -0.05) is 11.6 Å². The van der Waals surface area contributed by atoms with Crippen molar-refractivity contribution in [3.63, 3.8) is 0 Å². The fraction of sp³-hybridized carbons (Fsp3) is 0.261. The molecule has 1 saturated heterocycles. The van der Waals surface area contributed by atoms with E-state index in [1.165, 1.54) is 27.8 Å². The van der Waals surface area contributed by atoms with E-state index in [1.54, 1.807) is 24.6 Å².